The van der Waals surface area contributed by atoms with E-state index in [0.717, 1.165) is 17.7 Å². The maximum absolute atomic E-state index is 10.6. The topological polar surface area (TPSA) is 42.0 Å². The Morgan fingerprint density at radius 1 is 1.07 bits per heavy atom. The third kappa shape index (κ3) is 2.40. The molecule has 0 amide bonds. The number of hydrogen-bond donors (Lipinski definition) is 1. The molecule has 0 aliphatic rings. The van der Waals surface area contributed by atoms with Gasteiger partial charge >= 0.3 is 0 Å². The van der Waals surface area contributed by atoms with Crippen molar-refractivity contribution in [2.45, 2.75) is 0 Å². The molecule has 0 spiro atoms. The number of benzene rings is 1. The van der Waals surface area contributed by atoms with E-state index in [0.29, 0.717) is 5.56 Å². The van der Waals surface area contributed by atoms with E-state index in [9.17, 15) is 4.79 Å². The minimum Gasteiger partial charge on any atom is -0.355 e. The second-order valence-electron chi connectivity index (χ2n) is 3.10. The van der Waals surface area contributed by atoms with Crippen molar-refractivity contribution in [1.29, 1.82) is 0 Å². The molecule has 0 radical (unpaired) electrons. The number of anilines is 2. The minimum atomic E-state index is 0.661. The van der Waals surface area contributed by atoms with Crippen LogP contribution in [0.1, 0.15) is 10.4 Å². The molecule has 0 aliphatic carbocycles. The molecule has 3 nitrogen and oxygen atoms in total. The van der Waals surface area contributed by atoms with E-state index in [2.05, 4.69) is 10.3 Å². The van der Waals surface area contributed by atoms with E-state index < -0.39 is 0 Å². The molecule has 0 bridgehead atoms. The van der Waals surface area contributed by atoms with Crippen molar-refractivity contribution in [1.82, 2.24) is 4.98 Å². The summed E-state index contributed by atoms with van der Waals surface area (Å²) < 4.78 is 0. The summed E-state index contributed by atoms with van der Waals surface area (Å²) in [4.78, 5) is 14.5. The molecular weight excluding hydrogens is 188 g/mol. The molecule has 74 valence electrons. The Morgan fingerprint density at radius 2 is 1.87 bits per heavy atom. The second kappa shape index (κ2) is 4.37. The summed E-state index contributed by atoms with van der Waals surface area (Å²) in [5.41, 5.74) is 2.51. The first-order valence-electron chi connectivity index (χ1n) is 4.61. The minimum absolute atomic E-state index is 0.661. The fraction of sp³-hybridized carbons (Fsp3) is 0. The van der Waals surface area contributed by atoms with Crippen LogP contribution in [0.25, 0.3) is 0 Å². The Hall–Kier alpha value is -2.16. The lowest BCUT2D eigenvalue weighted by Gasteiger charge is -2.05. The van der Waals surface area contributed by atoms with Crippen LogP contribution in [0.3, 0.4) is 0 Å². The third-order valence-corrected chi connectivity index (χ3v) is 1.99. The quantitative estimate of drug-likeness (QED) is 0.771. The standard InChI is InChI=1S/C12H10N2O/c15-9-10-2-1-3-12(8-10)14-11-4-6-13-7-5-11/h1-9H,(H,13,14). The average molecular weight is 198 g/mol. The highest BCUT2D eigenvalue weighted by Crippen LogP contribution is 2.15. The van der Waals surface area contributed by atoms with E-state index in [-0.39, 0.29) is 0 Å². The molecule has 1 aromatic carbocycles. The maximum Gasteiger partial charge on any atom is 0.150 e. The van der Waals surface area contributed by atoms with Crippen LogP contribution in [-0.2, 0) is 0 Å². The molecule has 0 atom stereocenters. The lowest BCUT2D eigenvalue weighted by Crippen LogP contribution is -1.91. The molecule has 0 fully saturated rings. The van der Waals surface area contributed by atoms with Crippen molar-refractivity contribution >= 4 is 17.7 Å². The number of pyridine rings is 1. The number of carbonyl (C=O) groups excluding carboxylic acids is 1. The molecule has 2 aromatic rings. The predicted octanol–water partition coefficient (Wildman–Crippen LogP) is 2.64. The smallest absolute Gasteiger partial charge is 0.150 e. The van der Waals surface area contributed by atoms with E-state index in [1.54, 1.807) is 24.5 Å². The van der Waals surface area contributed by atoms with Crippen molar-refractivity contribution in [2.75, 3.05) is 5.32 Å². The van der Waals surface area contributed by atoms with Crippen molar-refractivity contribution in [3.8, 4) is 0 Å². The highest BCUT2D eigenvalue weighted by molar-refractivity contribution is 5.77. The fourth-order valence-corrected chi connectivity index (χ4v) is 1.29. The summed E-state index contributed by atoms with van der Waals surface area (Å²) in [6, 6.07) is 11.1. The number of nitrogens with one attached hydrogen (secondary N) is 1. The summed E-state index contributed by atoms with van der Waals surface area (Å²) in [5.74, 6) is 0. The molecule has 0 unspecified atom stereocenters. The van der Waals surface area contributed by atoms with Gasteiger partial charge in [0.05, 0.1) is 0 Å². The largest absolute Gasteiger partial charge is 0.355 e. The van der Waals surface area contributed by atoms with Gasteiger partial charge < -0.3 is 5.32 Å². The number of rotatable bonds is 3. The molecule has 1 aromatic heterocycles. The van der Waals surface area contributed by atoms with Crippen LogP contribution < -0.4 is 5.32 Å². The van der Waals surface area contributed by atoms with Crippen LogP contribution in [0.2, 0.25) is 0 Å². The molecule has 1 heterocycles. The lowest BCUT2D eigenvalue weighted by atomic mass is 10.2. The summed E-state index contributed by atoms with van der Waals surface area (Å²) in [5, 5.41) is 3.18. The van der Waals surface area contributed by atoms with Gasteiger partial charge in [0.15, 0.2) is 0 Å². The number of aldehydes is 1. The van der Waals surface area contributed by atoms with Crippen molar-refractivity contribution in [3.63, 3.8) is 0 Å². The van der Waals surface area contributed by atoms with Gasteiger partial charge in [0.2, 0.25) is 0 Å². The number of hydrogen-bond acceptors (Lipinski definition) is 3. The van der Waals surface area contributed by atoms with Gasteiger partial charge in [-0.1, -0.05) is 12.1 Å². The summed E-state index contributed by atoms with van der Waals surface area (Å²) in [7, 11) is 0. The zero-order chi connectivity index (χ0) is 10.5. The van der Waals surface area contributed by atoms with Crippen LogP contribution in [-0.4, -0.2) is 11.3 Å². The molecule has 0 aliphatic heterocycles. The number of nitrogens with zero attached hydrogens (tertiary/aromatic N) is 1. The Morgan fingerprint density at radius 3 is 2.60 bits per heavy atom. The van der Waals surface area contributed by atoms with Gasteiger partial charge in [0.1, 0.15) is 6.29 Å². The average Bonchev–Trinajstić information content (AvgIpc) is 2.31. The van der Waals surface area contributed by atoms with E-state index in [4.69, 9.17) is 0 Å². The normalized spacial score (nSPS) is 9.60. The van der Waals surface area contributed by atoms with Gasteiger partial charge in [-0.15, -0.1) is 0 Å². The van der Waals surface area contributed by atoms with Gasteiger partial charge in [-0.25, -0.2) is 0 Å². The van der Waals surface area contributed by atoms with Crippen LogP contribution in [0.15, 0.2) is 48.8 Å². The van der Waals surface area contributed by atoms with Crippen LogP contribution >= 0.6 is 0 Å². The van der Waals surface area contributed by atoms with Crippen molar-refractivity contribution in [2.24, 2.45) is 0 Å². The van der Waals surface area contributed by atoms with Crippen LogP contribution in [0.5, 0.6) is 0 Å². The Bertz CT molecular complexity index is 454. The first kappa shape index (κ1) is 9.40. The molecule has 3 heteroatoms. The monoisotopic (exact) mass is 198 g/mol. The summed E-state index contributed by atoms with van der Waals surface area (Å²) in [6.45, 7) is 0. The van der Waals surface area contributed by atoms with Crippen LogP contribution in [0.4, 0.5) is 11.4 Å². The van der Waals surface area contributed by atoms with Crippen molar-refractivity contribution in [3.05, 3.63) is 54.4 Å². The molecule has 2 rings (SSSR count). The fourth-order valence-electron chi connectivity index (χ4n) is 1.29. The van der Waals surface area contributed by atoms with Gasteiger partial charge in [-0.3, -0.25) is 9.78 Å². The zero-order valence-corrected chi connectivity index (χ0v) is 8.05. The first-order valence-corrected chi connectivity index (χ1v) is 4.61. The highest BCUT2D eigenvalue weighted by Gasteiger charge is 1.95. The van der Waals surface area contributed by atoms with Crippen molar-refractivity contribution < 1.29 is 4.79 Å². The molecule has 0 saturated carbocycles. The summed E-state index contributed by atoms with van der Waals surface area (Å²) in [6.07, 6.45) is 4.26. The number of carbonyl (C=O) groups is 1. The maximum atomic E-state index is 10.6. The Balaban J connectivity index is 2.21. The second-order valence-corrected chi connectivity index (χ2v) is 3.10. The van der Waals surface area contributed by atoms with Gasteiger partial charge in [0.25, 0.3) is 0 Å². The third-order valence-electron chi connectivity index (χ3n) is 1.99. The molecule has 15 heavy (non-hydrogen) atoms. The van der Waals surface area contributed by atoms with Gasteiger partial charge in [-0.2, -0.15) is 0 Å². The molecule has 0 saturated heterocycles. The Labute approximate surface area is 87.8 Å². The SMILES string of the molecule is O=Cc1cccc(Nc2ccncc2)c1. The molecular formula is C12H10N2O. The number of aromatic nitrogens is 1. The molecule has 1 N–H and O–H groups in total. The summed E-state index contributed by atoms with van der Waals surface area (Å²) >= 11 is 0. The van der Waals surface area contributed by atoms with E-state index >= 15 is 0 Å². The zero-order valence-electron chi connectivity index (χ0n) is 8.05. The Kier molecular flexibility index (Phi) is 2.74. The van der Waals surface area contributed by atoms with E-state index in [1.165, 1.54) is 0 Å². The van der Waals surface area contributed by atoms with Gasteiger partial charge in [-0.05, 0) is 24.3 Å². The lowest BCUT2D eigenvalue weighted by molar-refractivity contribution is 0.112. The first-order chi connectivity index (χ1) is 7.38. The van der Waals surface area contributed by atoms with Gasteiger partial charge in [0, 0.05) is 29.3 Å². The van der Waals surface area contributed by atoms with Crippen LogP contribution in [0, 0.1) is 0 Å². The highest BCUT2D eigenvalue weighted by atomic mass is 16.1. The predicted molar refractivity (Wildman–Crippen MR) is 59.3 cm³/mol. The van der Waals surface area contributed by atoms with E-state index in [1.807, 2.05) is 24.3 Å².